The van der Waals surface area contributed by atoms with Crippen LogP contribution in [0.5, 0.6) is 0 Å². The number of nitrogens with zero attached hydrogens (tertiary/aromatic N) is 2. The van der Waals surface area contributed by atoms with E-state index in [1.54, 1.807) is 15.6 Å². The summed E-state index contributed by atoms with van der Waals surface area (Å²) in [6, 6.07) is 0.212. The number of aromatic nitrogens is 1. The van der Waals surface area contributed by atoms with Crippen molar-refractivity contribution in [2.75, 3.05) is 26.4 Å². The van der Waals surface area contributed by atoms with Crippen molar-refractivity contribution in [1.82, 2.24) is 14.6 Å². The average Bonchev–Trinajstić information content (AvgIpc) is 2.82. The van der Waals surface area contributed by atoms with E-state index in [-0.39, 0.29) is 6.04 Å². The Hall–Kier alpha value is -0.500. The van der Waals surface area contributed by atoms with Gasteiger partial charge in [-0.15, -0.1) is 11.3 Å². The van der Waals surface area contributed by atoms with Crippen LogP contribution in [0.15, 0.2) is 5.38 Å². The monoisotopic (exact) mass is 317 g/mol. The first-order valence-electron chi connectivity index (χ1n) is 6.94. The Morgan fingerprint density at radius 2 is 2.35 bits per heavy atom. The molecule has 1 fully saturated rings. The van der Waals surface area contributed by atoms with Crippen LogP contribution in [0.2, 0.25) is 0 Å². The van der Waals surface area contributed by atoms with Crippen LogP contribution in [0.3, 0.4) is 0 Å². The smallest absolute Gasteiger partial charge is 0.211 e. The molecule has 2 heterocycles. The molecule has 1 N–H and O–H groups in total. The number of hydrogen-bond donors (Lipinski definition) is 1. The largest absolute Gasteiger partial charge is 0.312 e. The van der Waals surface area contributed by atoms with E-state index in [4.69, 9.17) is 0 Å². The van der Waals surface area contributed by atoms with E-state index in [1.807, 2.05) is 14.0 Å². The molecule has 0 spiro atoms. The number of thiazole rings is 1. The van der Waals surface area contributed by atoms with Gasteiger partial charge >= 0.3 is 0 Å². The van der Waals surface area contributed by atoms with E-state index in [2.05, 4.69) is 15.7 Å². The van der Waals surface area contributed by atoms with Crippen LogP contribution in [-0.4, -0.2) is 44.1 Å². The summed E-state index contributed by atoms with van der Waals surface area (Å²) in [7, 11) is -1.12. The van der Waals surface area contributed by atoms with Crippen molar-refractivity contribution in [1.29, 1.82) is 0 Å². The van der Waals surface area contributed by atoms with Crippen LogP contribution in [0.1, 0.15) is 36.0 Å². The van der Waals surface area contributed by atoms with Gasteiger partial charge in [-0.1, -0.05) is 0 Å². The first kappa shape index (κ1) is 15.9. The fourth-order valence-electron chi connectivity index (χ4n) is 2.78. The van der Waals surface area contributed by atoms with Gasteiger partial charge in [-0.3, -0.25) is 0 Å². The van der Waals surface area contributed by atoms with Gasteiger partial charge < -0.3 is 5.32 Å². The lowest BCUT2D eigenvalue weighted by Gasteiger charge is -2.32. The summed E-state index contributed by atoms with van der Waals surface area (Å²) in [5.41, 5.74) is 1.08. The molecule has 0 bridgehead atoms. The number of hydrogen-bond acceptors (Lipinski definition) is 5. The molecular weight excluding hydrogens is 294 g/mol. The topological polar surface area (TPSA) is 62.3 Å². The summed E-state index contributed by atoms with van der Waals surface area (Å²) in [6.45, 7) is 3.31. The van der Waals surface area contributed by atoms with Crippen molar-refractivity contribution in [3.8, 4) is 0 Å². The number of piperidine rings is 1. The van der Waals surface area contributed by atoms with Gasteiger partial charge in [-0.25, -0.2) is 17.7 Å². The van der Waals surface area contributed by atoms with E-state index >= 15 is 0 Å². The molecule has 0 aromatic carbocycles. The van der Waals surface area contributed by atoms with Crippen molar-refractivity contribution in [2.24, 2.45) is 5.92 Å². The zero-order chi connectivity index (χ0) is 14.8. The van der Waals surface area contributed by atoms with Crippen molar-refractivity contribution in [2.45, 2.75) is 32.2 Å². The van der Waals surface area contributed by atoms with Crippen LogP contribution >= 0.6 is 11.3 Å². The van der Waals surface area contributed by atoms with Gasteiger partial charge in [-0.05, 0) is 39.2 Å². The molecule has 0 amide bonds. The van der Waals surface area contributed by atoms with Crippen LogP contribution < -0.4 is 5.32 Å². The molecule has 7 heteroatoms. The summed E-state index contributed by atoms with van der Waals surface area (Å²) < 4.78 is 24.9. The Bertz CT molecular complexity index is 542. The summed E-state index contributed by atoms with van der Waals surface area (Å²) in [4.78, 5) is 4.54. The molecule has 1 aromatic heterocycles. The predicted molar refractivity (Wildman–Crippen MR) is 82.4 cm³/mol. The SMILES string of the molecule is CNC(CC1CCCN(S(C)(=O)=O)C1)c1csc(C)n1. The van der Waals surface area contributed by atoms with Crippen LogP contribution in [0.4, 0.5) is 0 Å². The van der Waals surface area contributed by atoms with Gasteiger partial charge in [0.15, 0.2) is 0 Å². The molecule has 1 saturated heterocycles. The third kappa shape index (κ3) is 4.00. The van der Waals surface area contributed by atoms with Gasteiger partial charge in [0.1, 0.15) is 0 Å². The zero-order valence-corrected chi connectivity index (χ0v) is 13.9. The van der Waals surface area contributed by atoms with Gasteiger partial charge in [0.2, 0.25) is 10.0 Å². The quantitative estimate of drug-likeness (QED) is 0.899. The Balaban J connectivity index is 2.01. The lowest BCUT2D eigenvalue weighted by Crippen LogP contribution is -2.40. The zero-order valence-electron chi connectivity index (χ0n) is 12.3. The molecule has 2 atom stereocenters. The molecule has 2 unspecified atom stereocenters. The maximum absolute atomic E-state index is 11.7. The van der Waals surface area contributed by atoms with Crippen LogP contribution in [0.25, 0.3) is 0 Å². The number of nitrogens with one attached hydrogen (secondary N) is 1. The average molecular weight is 317 g/mol. The van der Waals surface area contributed by atoms with Gasteiger partial charge in [0.25, 0.3) is 0 Å². The molecule has 2 rings (SSSR count). The summed E-state index contributed by atoms with van der Waals surface area (Å²) in [5.74, 6) is 0.401. The van der Waals surface area contributed by atoms with Crippen LogP contribution in [0, 0.1) is 12.8 Å². The second-order valence-corrected chi connectivity index (χ2v) is 8.54. The van der Waals surface area contributed by atoms with Crippen molar-refractivity contribution >= 4 is 21.4 Å². The van der Waals surface area contributed by atoms with E-state index in [0.717, 1.165) is 30.0 Å². The highest BCUT2D eigenvalue weighted by Crippen LogP contribution is 2.28. The van der Waals surface area contributed by atoms with E-state index in [9.17, 15) is 8.42 Å². The minimum absolute atomic E-state index is 0.212. The molecule has 0 saturated carbocycles. The number of aryl methyl sites for hydroxylation is 1. The minimum Gasteiger partial charge on any atom is -0.312 e. The maximum Gasteiger partial charge on any atom is 0.211 e. The third-order valence-electron chi connectivity index (χ3n) is 3.86. The van der Waals surface area contributed by atoms with E-state index in [1.165, 1.54) is 6.26 Å². The standard InChI is InChI=1S/C13H23N3O2S2/c1-10-15-13(9-19-10)12(14-2)7-11-5-4-6-16(8-11)20(3,17)18/h9,11-12,14H,4-8H2,1-3H3. The molecule has 1 aliphatic heterocycles. The Kier molecular flexibility index (Phi) is 5.17. The Labute approximate surface area is 125 Å². The molecule has 0 aliphatic carbocycles. The molecule has 114 valence electrons. The second kappa shape index (κ2) is 6.51. The fraction of sp³-hybridized carbons (Fsp3) is 0.769. The molecular formula is C13H23N3O2S2. The maximum atomic E-state index is 11.7. The van der Waals surface area contributed by atoms with Crippen molar-refractivity contribution < 1.29 is 8.42 Å². The fourth-order valence-corrected chi connectivity index (χ4v) is 4.39. The van der Waals surface area contributed by atoms with Gasteiger partial charge in [0.05, 0.1) is 23.0 Å². The third-order valence-corrected chi connectivity index (χ3v) is 5.92. The van der Waals surface area contributed by atoms with E-state index < -0.39 is 10.0 Å². The van der Waals surface area contributed by atoms with Gasteiger partial charge in [0, 0.05) is 18.5 Å². The Morgan fingerprint density at radius 3 is 2.90 bits per heavy atom. The molecule has 20 heavy (non-hydrogen) atoms. The molecule has 1 aliphatic rings. The number of sulfonamides is 1. The summed E-state index contributed by atoms with van der Waals surface area (Å²) >= 11 is 1.66. The van der Waals surface area contributed by atoms with Crippen molar-refractivity contribution in [3.63, 3.8) is 0 Å². The van der Waals surface area contributed by atoms with Crippen LogP contribution in [-0.2, 0) is 10.0 Å². The first-order valence-corrected chi connectivity index (χ1v) is 9.67. The molecule has 1 aromatic rings. The van der Waals surface area contributed by atoms with E-state index in [0.29, 0.717) is 19.0 Å². The Morgan fingerprint density at radius 1 is 1.60 bits per heavy atom. The molecule has 5 nitrogen and oxygen atoms in total. The van der Waals surface area contributed by atoms with Gasteiger partial charge in [-0.2, -0.15) is 0 Å². The number of rotatable bonds is 5. The predicted octanol–water partition coefficient (Wildman–Crippen LogP) is 1.77. The first-order chi connectivity index (χ1) is 9.40. The highest BCUT2D eigenvalue weighted by molar-refractivity contribution is 7.88. The lowest BCUT2D eigenvalue weighted by atomic mass is 9.91. The van der Waals surface area contributed by atoms with Crippen molar-refractivity contribution in [3.05, 3.63) is 16.1 Å². The summed E-state index contributed by atoms with van der Waals surface area (Å²) in [5, 5.41) is 6.47. The lowest BCUT2D eigenvalue weighted by molar-refractivity contribution is 0.240. The normalized spacial score (nSPS) is 22.9. The summed E-state index contributed by atoms with van der Waals surface area (Å²) in [6.07, 6.45) is 4.28. The minimum atomic E-state index is -3.06. The second-order valence-electron chi connectivity index (χ2n) is 5.50. The highest BCUT2D eigenvalue weighted by atomic mass is 32.2. The molecule has 0 radical (unpaired) electrons. The highest BCUT2D eigenvalue weighted by Gasteiger charge is 2.28.